The third kappa shape index (κ3) is 3.77. The molecular weight excluding hydrogens is 370 g/mol. The van der Waals surface area contributed by atoms with Gasteiger partial charge >= 0.3 is 0 Å². The first-order chi connectivity index (χ1) is 12.7. The standard InChI is InChI=1S/C18H19N3O5S/c1-12-15(6-3-7-16(12)21(23)24)18(22)19-14-8-9-17-13(11-14)5-4-10-20(17)27(2,25)26/h3,6-9,11H,4-5,10H2,1-2H3,(H,19,22). The monoisotopic (exact) mass is 389 g/mol. The highest BCUT2D eigenvalue weighted by molar-refractivity contribution is 7.92. The number of aryl methyl sites for hydroxylation is 1. The molecule has 1 aliphatic rings. The minimum absolute atomic E-state index is 0.114. The van der Waals surface area contributed by atoms with Gasteiger partial charge in [-0.05, 0) is 49.6 Å². The molecule has 2 aromatic rings. The number of nitro groups is 1. The van der Waals surface area contributed by atoms with Gasteiger partial charge in [-0.25, -0.2) is 8.42 Å². The average molecular weight is 389 g/mol. The van der Waals surface area contributed by atoms with Crippen molar-refractivity contribution in [1.29, 1.82) is 0 Å². The molecule has 1 heterocycles. The molecule has 0 aromatic heterocycles. The van der Waals surface area contributed by atoms with E-state index in [2.05, 4.69) is 5.32 Å². The number of hydrogen-bond donors (Lipinski definition) is 1. The van der Waals surface area contributed by atoms with E-state index in [0.29, 0.717) is 36.3 Å². The average Bonchev–Trinajstić information content (AvgIpc) is 2.60. The van der Waals surface area contributed by atoms with Crippen molar-refractivity contribution in [2.75, 3.05) is 22.4 Å². The van der Waals surface area contributed by atoms with Gasteiger partial charge in [0, 0.05) is 29.4 Å². The molecule has 27 heavy (non-hydrogen) atoms. The molecule has 0 aliphatic carbocycles. The van der Waals surface area contributed by atoms with Crippen molar-refractivity contribution in [3.8, 4) is 0 Å². The number of nitro benzene ring substituents is 1. The van der Waals surface area contributed by atoms with Crippen molar-refractivity contribution in [2.24, 2.45) is 0 Å². The van der Waals surface area contributed by atoms with Crippen LogP contribution >= 0.6 is 0 Å². The van der Waals surface area contributed by atoms with E-state index >= 15 is 0 Å². The second-order valence-electron chi connectivity index (χ2n) is 6.44. The van der Waals surface area contributed by atoms with Crippen LogP contribution in [0.1, 0.15) is 27.9 Å². The van der Waals surface area contributed by atoms with Crippen LogP contribution in [-0.2, 0) is 16.4 Å². The molecule has 1 aliphatic heterocycles. The molecule has 0 bridgehead atoms. The summed E-state index contributed by atoms with van der Waals surface area (Å²) in [6, 6.07) is 9.40. The maximum Gasteiger partial charge on any atom is 0.273 e. The Morgan fingerprint density at radius 2 is 2.00 bits per heavy atom. The molecule has 1 amide bonds. The van der Waals surface area contributed by atoms with E-state index in [1.54, 1.807) is 18.2 Å². The Hall–Kier alpha value is -2.94. The van der Waals surface area contributed by atoms with E-state index in [9.17, 15) is 23.3 Å². The summed E-state index contributed by atoms with van der Waals surface area (Å²) in [5.41, 5.74) is 2.37. The Balaban J connectivity index is 1.89. The first-order valence-corrected chi connectivity index (χ1v) is 10.2. The Labute approximate surface area is 157 Å². The van der Waals surface area contributed by atoms with E-state index in [4.69, 9.17) is 0 Å². The molecule has 2 aromatic carbocycles. The Morgan fingerprint density at radius 1 is 1.26 bits per heavy atom. The highest BCUT2D eigenvalue weighted by Gasteiger charge is 2.24. The maximum atomic E-state index is 12.6. The van der Waals surface area contributed by atoms with Crippen molar-refractivity contribution in [2.45, 2.75) is 19.8 Å². The number of nitrogens with one attached hydrogen (secondary N) is 1. The zero-order valence-electron chi connectivity index (χ0n) is 14.9. The van der Waals surface area contributed by atoms with Crippen LogP contribution in [0.15, 0.2) is 36.4 Å². The number of carbonyl (C=O) groups excluding carboxylic acids is 1. The second-order valence-corrected chi connectivity index (χ2v) is 8.35. The molecule has 0 spiro atoms. The summed E-state index contributed by atoms with van der Waals surface area (Å²) in [5, 5.41) is 13.8. The second kappa shape index (κ2) is 6.99. The number of nitrogens with zero attached hydrogens (tertiary/aromatic N) is 2. The van der Waals surface area contributed by atoms with Crippen LogP contribution in [0.5, 0.6) is 0 Å². The molecule has 0 atom stereocenters. The largest absolute Gasteiger partial charge is 0.322 e. The zero-order chi connectivity index (χ0) is 19.8. The number of fused-ring (bicyclic) bond motifs is 1. The summed E-state index contributed by atoms with van der Waals surface area (Å²) in [7, 11) is -3.35. The lowest BCUT2D eigenvalue weighted by Crippen LogP contribution is -2.34. The summed E-state index contributed by atoms with van der Waals surface area (Å²) < 4.78 is 25.2. The number of carbonyl (C=O) groups is 1. The fourth-order valence-electron chi connectivity index (χ4n) is 3.25. The van der Waals surface area contributed by atoms with Gasteiger partial charge in [0.1, 0.15) is 0 Å². The van der Waals surface area contributed by atoms with Gasteiger partial charge in [0.2, 0.25) is 10.0 Å². The van der Waals surface area contributed by atoms with Crippen molar-refractivity contribution in [3.63, 3.8) is 0 Å². The van der Waals surface area contributed by atoms with Gasteiger partial charge in [-0.3, -0.25) is 19.2 Å². The van der Waals surface area contributed by atoms with Gasteiger partial charge < -0.3 is 5.32 Å². The lowest BCUT2D eigenvalue weighted by Gasteiger charge is -2.29. The molecule has 0 unspecified atom stereocenters. The zero-order valence-corrected chi connectivity index (χ0v) is 15.7. The number of rotatable bonds is 4. The maximum absolute atomic E-state index is 12.6. The summed E-state index contributed by atoms with van der Waals surface area (Å²) in [6.45, 7) is 1.97. The Morgan fingerprint density at radius 3 is 2.67 bits per heavy atom. The molecule has 1 N–H and O–H groups in total. The number of amides is 1. The highest BCUT2D eigenvalue weighted by atomic mass is 32.2. The molecular formula is C18H19N3O5S. The van der Waals surface area contributed by atoms with Crippen molar-refractivity contribution >= 4 is 33.0 Å². The number of benzene rings is 2. The van der Waals surface area contributed by atoms with Crippen LogP contribution in [-0.4, -0.2) is 32.0 Å². The molecule has 0 fully saturated rings. The molecule has 0 saturated carbocycles. The van der Waals surface area contributed by atoms with Crippen LogP contribution in [0.3, 0.4) is 0 Å². The SMILES string of the molecule is Cc1c(C(=O)Nc2ccc3c(c2)CCCN3S(C)(=O)=O)cccc1[N+](=O)[O-]. The minimum Gasteiger partial charge on any atom is -0.322 e. The quantitative estimate of drug-likeness (QED) is 0.639. The fourth-order valence-corrected chi connectivity index (χ4v) is 4.25. The third-order valence-electron chi connectivity index (χ3n) is 4.56. The third-order valence-corrected chi connectivity index (χ3v) is 5.74. The van der Waals surface area contributed by atoms with Crippen LogP contribution in [0.4, 0.5) is 17.1 Å². The van der Waals surface area contributed by atoms with Gasteiger partial charge in [0.15, 0.2) is 0 Å². The van der Waals surface area contributed by atoms with Gasteiger partial charge in [-0.15, -0.1) is 0 Å². The van der Waals surface area contributed by atoms with Crippen LogP contribution in [0.2, 0.25) is 0 Å². The molecule has 3 rings (SSSR count). The molecule has 9 heteroatoms. The summed E-state index contributed by atoms with van der Waals surface area (Å²) in [6.07, 6.45) is 2.57. The number of anilines is 2. The summed E-state index contributed by atoms with van der Waals surface area (Å²) >= 11 is 0. The van der Waals surface area contributed by atoms with E-state index < -0.39 is 20.9 Å². The van der Waals surface area contributed by atoms with Gasteiger partial charge in [-0.2, -0.15) is 0 Å². The van der Waals surface area contributed by atoms with Gasteiger partial charge in [0.05, 0.1) is 16.9 Å². The Bertz CT molecular complexity index is 1030. The van der Waals surface area contributed by atoms with Gasteiger partial charge in [-0.1, -0.05) is 6.07 Å². The van der Waals surface area contributed by atoms with Crippen molar-refractivity contribution in [1.82, 2.24) is 0 Å². The molecule has 0 radical (unpaired) electrons. The molecule has 142 valence electrons. The van der Waals surface area contributed by atoms with E-state index in [0.717, 1.165) is 5.56 Å². The Kier molecular flexibility index (Phi) is 4.88. The van der Waals surface area contributed by atoms with E-state index in [1.165, 1.54) is 35.7 Å². The highest BCUT2D eigenvalue weighted by Crippen LogP contribution is 2.31. The predicted molar refractivity (Wildman–Crippen MR) is 103 cm³/mol. The van der Waals surface area contributed by atoms with Crippen LogP contribution in [0.25, 0.3) is 0 Å². The topological polar surface area (TPSA) is 110 Å². The first-order valence-electron chi connectivity index (χ1n) is 8.34. The molecule has 0 saturated heterocycles. The minimum atomic E-state index is -3.35. The number of sulfonamides is 1. The van der Waals surface area contributed by atoms with Crippen LogP contribution in [0, 0.1) is 17.0 Å². The van der Waals surface area contributed by atoms with E-state index in [-0.39, 0.29) is 11.3 Å². The van der Waals surface area contributed by atoms with Gasteiger partial charge in [0.25, 0.3) is 11.6 Å². The first kappa shape index (κ1) is 18.8. The smallest absolute Gasteiger partial charge is 0.273 e. The van der Waals surface area contributed by atoms with Crippen molar-refractivity contribution < 1.29 is 18.1 Å². The number of hydrogen-bond acceptors (Lipinski definition) is 5. The van der Waals surface area contributed by atoms with E-state index in [1.807, 2.05) is 0 Å². The lowest BCUT2D eigenvalue weighted by molar-refractivity contribution is -0.385. The predicted octanol–water partition coefficient (Wildman–Crippen LogP) is 2.87. The fraction of sp³-hybridized carbons (Fsp3) is 0.278. The van der Waals surface area contributed by atoms with Crippen molar-refractivity contribution in [3.05, 3.63) is 63.2 Å². The summed E-state index contributed by atoms with van der Waals surface area (Å²) in [5.74, 6) is -0.452. The molecule has 8 nitrogen and oxygen atoms in total. The summed E-state index contributed by atoms with van der Waals surface area (Å²) in [4.78, 5) is 23.1. The van der Waals surface area contributed by atoms with Crippen LogP contribution < -0.4 is 9.62 Å². The normalized spacial score (nSPS) is 13.8. The lowest BCUT2D eigenvalue weighted by atomic mass is 10.0.